The molecule has 2 aliphatic heterocycles. The summed E-state index contributed by atoms with van der Waals surface area (Å²) in [7, 11) is 1.52. The molecule has 2 amide bonds. The molecule has 3 atom stereocenters. The third kappa shape index (κ3) is 3.23. The molecule has 2 aromatic rings. The fourth-order valence-electron chi connectivity index (χ4n) is 4.43. The maximum atomic E-state index is 13.5. The number of rotatable bonds is 4. The maximum absolute atomic E-state index is 13.5. The Morgan fingerprint density at radius 2 is 2.03 bits per heavy atom. The first-order chi connectivity index (χ1) is 14.3. The average molecular weight is 448 g/mol. The summed E-state index contributed by atoms with van der Waals surface area (Å²) in [6.07, 6.45) is 0.506. The second-order valence-corrected chi connectivity index (χ2v) is 8.89. The molecule has 6 nitrogen and oxygen atoms in total. The van der Waals surface area contributed by atoms with Gasteiger partial charge >= 0.3 is 0 Å². The molecule has 0 saturated carbocycles. The number of methoxy groups -OCH3 is 1. The van der Waals surface area contributed by atoms with Gasteiger partial charge in [0, 0.05) is 16.6 Å². The van der Waals surface area contributed by atoms with Crippen LogP contribution in [0.4, 0.5) is 11.4 Å². The zero-order chi connectivity index (χ0) is 21.6. The largest absolute Gasteiger partial charge is 0.495 e. The number of benzene rings is 2. The number of carbonyl (C=O) groups is 2. The third-order valence-electron chi connectivity index (χ3n) is 6.00. The number of nitrogens with one attached hydrogen (secondary N) is 3. The van der Waals surface area contributed by atoms with Crippen LogP contribution in [0.1, 0.15) is 25.8 Å². The molecule has 0 aromatic heterocycles. The summed E-state index contributed by atoms with van der Waals surface area (Å²) in [5, 5.41) is 10.2. The lowest BCUT2D eigenvalue weighted by molar-refractivity contribution is -0.130. The van der Waals surface area contributed by atoms with Gasteiger partial charge in [-0.2, -0.15) is 0 Å². The minimum absolute atomic E-state index is 0.0160. The first-order valence-corrected chi connectivity index (χ1v) is 10.6. The summed E-state index contributed by atoms with van der Waals surface area (Å²) in [5.74, 6) is -0.474. The van der Waals surface area contributed by atoms with Gasteiger partial charge in [-0.05, 0) is 36.6 Å². The van der Waals surface area contributed by atoms with E-state index in [1.165, 1.54) is 7.11 Å². The van der Waals surface area contributed by atoms with Crippen LogP contribution < -0.4 is 20.7 Å². The number of anilines is 2. The highest BCUT2D eigenvalue weighted by Crippen LogP contribution is 2.50. The van der Waals surface area contributed by atoms with E-state index < -0.39 is 11.5 Å². The highest BCUT2D eigenvalue weighted by molar-refractivity contribution is 6.35. The normalized spacial score (nSPS) is 24.8. The molecule has 1 fully saturated rings. The Hall–Kier alpha value is -2.28. The van der Waals surface area contributed by atoms with E-state index in [0.717, 1.165) is 0 Å². The zero-order valence-corrected chi connectivity index (χ0v) is 18.4. The van der Waals surface area contributed by atoms with E-state index in [0.29, 0.717) is 39.2 Å². The number of hydrogen-bond acceptors (Lipinski definition) is 4. The molecule has 158 valence electrons. The van der Waals surface area contributed by atoms with E-state index >= 15 is 0 Å². The highest BCUT2D eigenvalue weighted by atomic mass is 35.5. The van der Waals surface area contributed by atoms with E-state index in [2.05, 4.69) is 29.8 Å². The van der Waals surface area contributed by atoms with Crippen LogP contribution in [-0.2, 0) is 15.1 Å². The monoisotopic (exact) mass is 447 g/mol. The molecular formula is C22H23Cl2N3O3. The van der Waals surface area contributed by atoms with Crippen molar-refractivity contribution in [1.82, 2.24) is 5.32 Å². The van der Waals surface area contributed by atoms with Gasteiger partial charge in [-0.3, -0.25) is 14.9 Å². The van der Waals surface area contributed by atoms with Crippen molar-refractivity contribution in [3.05, 3.63) is 52.0 Å². The maximum Gasteiger partial charge on any atom is 0.250 e. The van der Waals surface area contributed by atoms with Gasteiger partial charge in [-0.15, -0.1) is 0 Å². The lowest BCUT2D eigenvalue weighted by Crippen LogP contribution is -2.52. The summed E-state index contributed by atoms with van der Waals surface area (Å²) in [6.45, 7) is 4.13. The van der Waals surface area contributed by atoms with Crippen LogP contribution in [0.2, 0.25) is 10.0 Å². The summed E-state index contributed by atoms with van der Waals surface area (Å²) in [5.41, 5.74) is 0.522. The number of para-hydroxylation sites is 1. The molecule has 2 aromatic carbocycles. The fraction of sp³-hybridized carbons (Fsp3) is 0.364. The third-order valence-corrected chi connectivity index (χ3v) is 6.55. The first-order valence-electron chi connectivity index (χ1n) is 9.80. The molecule has 4 rings (SSSR count). The lowest BCUT2D eigenvalue weighted by Gasteiger charge is -2.29. The zero-order valence-electron chi connectivity index (χ0n) is 16.9. The van der Waals surface area contributed by atoms with E-state index in [1.54, 1.807) is 30.3 Å². The summed E-state index contributed by atoms with van der Waals surface area (Å²) < 4.78 is 5.35. The van der Waals surface area contributed by atoms with Gasteiger partial charge in [0.2, 0.25) is 11.8 Å². The lowest BCUT2D eigenvalue weighted by atomic mass is 9.79. The van der Waals surface area contributed by atoms with Crippen LogP contribution in [0.25, 0.3) is 0 Å². The Balaban J connectivity index is 1.76. The summed E-state index contributed by atoms with van der Waals surface area (Å²) in [4.78, 5) is 26.8. The molecule has 1 saturated heterocycles. The van der Waals surface area contributed by atoms with Crippen LogP contribution in [0.3, 0.4) is 0 Å². The number of halogens is 2. The van der Waals surface area contributed by atoms with Crippen molar-refractivity contribution in [3.8, 4) is 5.75 Å². The summed E-state index contributed by atoms with van der Waals surface area (Å²) >= 11 is 12.4. The molecule has 0 aliphatic carbocycles. The van der Waals surface area contributed by atoms with Crippen LogP contribution in [0, 0.1) is 11.8 Å². The molecule has 0 bridgehead atoms. The standard InChI is InChI=1S/C22H23Cl2N3O3/c1-11(2)16-10-14(20(28)25-17-9-12(23)7-8-18(17)30-3)22(27-16)13-5-4-6-15(24)19(13)26-21(22)29/h4-9,11,14,16,27H,10H2,1-3H3,(H,25,28)(H,26,29)/t14-,16-,22+/m0/s1. The van der Waals surface area contributed by atoms with Crippen molar-refractivity contribution in [2.24, 2.45) is 11.8 Å². The quantitative estimate of drug-likeness (QED) is 0.647. The first kappa shape index (κ1) is 21.0. The topological polar surface area (TPSA) is 79.5 Å². The van der Waals surface area contributed by atoms with Gasteiger partial charge in [0.05, 0.1) is 29.4 Å². The minimum atomic E-state index is -1.19. The summed E-state index contributed by atoms with van der Waals surface area (Å²) in [6, 6.07) is 10.4. The van der Waals surface area contributed by atoms with Gasteiger partial charge in [-0.1, -0.05) is 49.2 Å². The van der Waals surface area contributed by atoms with E-state index in [1.807, 2.05) is 6.07 Å². The molecule has 8 heteroatoms. The van der Waals surface area contributed by atoms with Gasteiger partial charge in [0.25, 0.3) is 0 Å². The van der Waals surface area contributed by atoms with Crippen molar-refractivity contribution in [1.29, 1.82) is 0 Å². The Labute approximate surface area is 185 Å². The molecule has 2 heterocycles. The second kappa shape index (κ2) is 7.76. The van der Waals surface area contributed by atoms with Gasteiger partial charge in [-0.25, -0.2) is 0 Å². The Kier molecular flexibility index (Phi) is 5.43. The van der Waals surface area contributed by atoms with Crippen LogP contribution in [-0.4, -0.2) is 25.0 Å². The number of ether oxygens (including phenoxy) is 1. The van der Waals surface area contributed by atoms with E-state index in [4.69, 9.17) is 27.9 Å². The molecule has 0 radical (unpaired) electrons. The Morgan fingerprint density at radius 3 is 2.73 bits per heavy atom. The number of carbonyl (C=O) groups excluding carboxylic acids is 2. The van der Waals surface area contributed by atoms with Crippen molar-refractivity contribution in [2.75, 3.05) is 17.7 Å². The predicted octanol–water partition coefficient (Wildman–Crippen LogP) is 4.42. The van der Waals surface area contributed by atoms with Gasteiger partial charge < -0.3 is 15.4 Å². The van der Waals surface area contributed by atoms with Crippen LogP contribution >= 0.6 is 23.2 Å². The Bertz CT molecular complexity index is 1030. The van der Waals surface area contributed by atoms with Gasteiger partial charge in [0.1, 0.15) is 11.3 Å². The number of amides is 2. The fourth-order valence-corrected chi connectivity index (χ4v) is 4.82. The Morgan fingerprint density at radius 1 is 1.27 bits per heavy atom. The number of hydrogen-bond donors (Lipinski definition) is 3. The molecule has 2 aliphatic rings. The van der Waals surface area contributed by atoms with Gasteiger partial charge in [0.15, 0.2) is 0 Å². The highest BCUT2D eigenvalue weighted by Gasteiger charge is 2.60. The second-order valence-electron chi connectivity index (χ2n) is 8.04. The molecule has 0 unspecified atom stereocenters. The predicted molar refractivity (Wildman–Crippen MR) is 118 cm³/mol. The molecule has 3 N–H and O–H groups in total. The molecular weight excluding hydrogens is 425 g/mol. The van der Waals surface area contributed by atoms with Crippen molar-refractivity contribution >= 4 is 46.4 Å². The number of fused-ring (bicyclic) bond motifs is 2. The van der Waals surface area contributed by atoms with Crippen molar-refractivity contribution in [3.63, 3.8) is 0 Å². The minimum Gasteiger partial charge on any atom is -0.495 e. The molecule has 30 heavy (non-hydrogen) atoms. The molecule has 1 spiro atoms. The SMILES string of the molecule is COc1ccc(Cl)cc1NC(=O)[C@@H]1C[C@@H](C(C)C)N[C@@]12C(=O)Nc1c(Cl)cccc12. The van der Waals surface area contributed by atoms with Crippen molar-refractivity contribution < 1.29 is 14.3 Å². The van der Waals surface area contributed by atoms with Crippen molar-refractivity contribution in [2.45, 2.75) is 31.8 Å². The van der Waals surface area contributed by atoms with E-state index in [9.17, 15) is 9.59 Å². The van der Waals surface area contributed by atoms with Crippen LogP contribution in [0.5, 0.6) is 5.75 Å². The smallest absolute Gasteiger partial charge is 0.250 e. The van der Waals surface area contributed by atoms with Crippen LogP contribution in [0.15, 0.2) is 36.4 Å². The van der Waals surface area contributed by atoms with E-state index in [-0.39, 0.29) is 23.8 Å². The average Bonchev–Trinajstić information content (AvgIpc) is 3.24.